The number of rotatable bonds is 3. The van der Waals surface area contributed by atoms with Crippen LogP contribution in [0.1, 0.15) is 5.56 Å². The van der Waals surface area contributed by atoms with Gasteiger partial charge in [-0.1, -0.05) is 30.3 Å². The molecular formula is C11H11BrN4. The van der Waals surface area contributed by atoms with E-state index >= 15 is 0 Å². The molecule has 0 bridgehead atoms. The summed E-state index contributed by atoms with van der Waals surface area (Å²) in [5, 5.41) is 3.18. The first-order valence-electron chi connectivity index (χ1n) is 4.82. The van der Waals surface area contributed by atoms with Crippen molar-refractivity contribution in [3.05, 3.63) is 46.6 Å². The molecule has 0 aliphatic rings. The molecule has 0 saturated heterocycles. The van der Waals surface area contributed by atoms with Gasteiger partial charge in [0.25, 0.3) is 0 Å². The van der Waals surface area contributed by atoms with Crippen LogP contribution < -0.4 is 11.1 Å². The number of anilines is 2. The van der Waals surface area contributed by atoms with Gasteiger partial charge in [-0.25, -0.2) is 4.98 Å². The van der Waals surface area contributed by atoms with Crippen LogP contribution >= 0.6 is 15.9 Å². The summed E-state index contributed by atoms with van der Waals surface area (Å²) >= 11 is 3.27. The summed E-state index contributed by atoms with van der Waals surface area (Å²) in [6.07, 6.45) is 0. The molecule has 0 spiro atoms. The number of nitrogens with one attached hydrogen (secondary N) is 1. The second-order valence-corrected chi connectivity index (χ2v) is 4.09. The molecule has 5 heteroatoms. The highest BCUT2D eigenvalue weighted by atomic mass is 79.9. The summed E-state index contributed by atoms with van der Waals surface area (Å²) in [7, 11) is 0. The largest absolute Gasteiger partial charge is 0.368 e. The van der Waals surface area contributed by atoms with Crippen LogP contribution in [-0.2, 0) is 6.54 Å². The van der Waals surface area contributed by atoms with Gasteiger partial charge in [-0.2, -0.15) is 4.98 Å². The molecule has 1 aromatic heterocycles. The molecule has 2 rings (SSSR count). The van der Waals surface area contributed by atoms with Crippen LogP contribution in [0, 0.1) is 0 Å². The number of hydrogen-bond acceptors (Lipinski definition) is 4. The van der Waals surface area contributed by atoms with Crippen LogP contribution in [0.3, 0.4) is 0 Å². The Hall–Kier alpha value is -1.62. The maximum absolute atomic E-state index is 5.54. The third-order valence-electron chi connectivity index (χ3n) is 2.03. The van der Waals surface area contributed by atoms with Crippen LogP contribution in [0.15, 0.2) is 41.0 Å². The van der Waals surface area contributed by atoms with Gasteiger partial charge >= 0.3 is 0 Å². The molecule has 0 fully saturated rings. The highest BCUT2D eigenvalue weighted by Gasteiger charge is 1.99. The van der Waals surface area contributed by atoms with Gasteiger partial charge < -0.3 is 11.1 Å². The maximum Gasteiger partial charge on any atom is 0.223 e. The summed E-state index contributed by atoms with van der Waals surface area (Å²) in [5.41, 5.74) is 6.73. The van der Waals surface area contributed by atoms with Gasteiger partial charge in [0.1, 0.15) is 10.4 Å². The fourth-order valence-corrected chi connectivity index (χ4v) is 1.71. The Morgan fingerprint density at radius 3 is 2.62 bits per heavy atom. The lowest BCUT2D eigenvalue weighted by atomic mass is 10.2. The van der Waals surface area contributed by atoms with E-state index in [1.807, 2.05) is 30.3 Å². The van der Waals surface area contributed by atoms with E-state index in [9.17, 15) is 0 Å². The highest BCUT2D eigenvalue weighted by Crippen LogP contribution is 2.14. The van der Waals surface area contributed by atoms with Gasteiger partial charge in [0, 0.05) is 12.6 Å². The molecule has 82 valence electrons. The monoisotopic (exact) mass is 278 g/mol. The molecule has 0 amide bonds. The lowest BCUT2D eigenvalue weighted by molar-refractivity contribution is 1.08. The molecule has 0 aliphatic heterocycles. The van der Waals surface area contributed by atoms with Crippen molar-refractivity contribution in [2.45, 2.75) is 6.54 Å². The van der Waals surface area contributed by atoms with Crippen LogP contribution in [-0.4, -0.2) is 9.97 Å². The summed E-state index contributed by atoms with van der Waals surface area (Å²) in [6.45, 7) is 0.712. The lowest BCUT2D eigenvalue weighted by Gasteiger charge is -2.06. The highest BCUT2D eigenvalue weighted by molar-refractivity contribution is 9.10. The lowest BCUT2D eigenvalue weighted by Crippen LogP contribution is -2.04. The van der Waals surface area contributed by atoms with Gasteiger partial charge in [0.15, 0.2) is 0 Å². The Kier molecular flexibility index (Phi) is 3.36. The predicted molar refractivity (Wildman–Crippen MR) is 67.9 cm³/mol. The predicted octanol–water partition coefficient (Wildman–Crippen LogP) is 2.43. The minimum atomic E-state index is 0.255. The third-order valence-corrected chi connectivity index (χ3v) is 2.43. The fraction of sp³-hybridized carbons (Fsp3) is 0.0909. The average Bonchev–Trinajstić information content (AvgIpc) is 2.27. The first-order valence-corrected chi connectivity index (χ1v) is 5.61. The van der Waals surface area contributed by atoms with Crippen molar-refractivity contribution in [3.8, 4) is 0 Å². The van der Waals surface area contributed by atoms with E-state index in [1.165, 1.54) is 5.56 Å². The summed E-state index contributed by atoms with van der Waals surface area (Å²) in [6, 6.07) is 11.9. The zero-order valence-corrected chi connectivity index (χ0v) is 10.1. The number of nitrogen functional groups attached to an aromatic ring is 1. The zero-order chi connectivity index (χ0) is 11.4. The van der Waals surface area contributed by atoms with Crippen molar-refractivity contribution in [1.29, 1.82) is 0 Å². The summed E-state index contributed by atoms with van der Waals surface area (Å²) in [4.78, 5) is 8.01. The molecule has 0 radical (unpaired) electrons. The van der Waals surface area contributed by atoms with Crippen molar-refractivity contribution < 1.29 is 0 Å². The number of hydrogen-bond donors (Lipinski definition) is 2. The molecule has 0 saturated carbocycles. The number of aromatic nitrogens is 2. The number of nitrogens with two attached hydrogens (primary N) is 1. The molecule has 3 N–H and O–H groups in total. The van der Waals surface area contributed by atoms with E-state index in [4.69, 9.17) is 5.73 Å². The topological polar surface area (TPSA) is 63.8 Å². The molecule has 1 aromatic carbocycles. The van der Waals surface area contributed by atoms with Gasteiger partial charge in [-0.3, -0.25) is 0 Å². The van der Waals surface area contributed by atoms with E-state index in [2.05, 4.69) is 31.2 Å². The van der Waals surface area contributed by atoms with Gasteiger partial charge in [-0.15, -0.1) is 0 Å². The number of halogens is 1. The molecule has 4 nitrogen and oxygen atoms in total. The Bertz CT molecular complexity index is 452. The molecule has 16 heavy (non-hydrogen) atoms. The normalized spacial score (nSPS) is 10.1. The molecule has 0 atom stereocenters. The van der Waals surface area contributed by atoms with Gasteiger partial charge in [0.2, 0.25) is 5.95 Å². The Morgan fingerprint density at radius 1 is 1.19 bits per heavy atom. The summed E-state index contributed by atoms with van der Waals surface area (Å²) < 4.78 is 0.676. The van der Waals surface area contributed by atoms with E-state index in [1.54, 1.807) is 6.07 Å². The van der Waals surface area contributed by atoms with E-state index in [0.717, 1.165) is 0 Å². The van der Waals surface area contributed by atoms with Crippen molar-refractivity contribution >= 4 is 27.7 Å². The maximum atomic E-state index is 5.54. The number of benzene rings is 1. The van der Waals surface area contributed by atoms with Crippen molar-refractivity contribution in [2.75, 3.05) is 11.1 Å². The Balaban J connectivity index is 2.05. The van der Waals surface area contributed by atoms with E-state index in [0.29, 0.717) is 17.0 Å². The minimum Gasteiger partial charge on any atom is -0.368 e. The standard InChI is InChI=1S/C11H11BrN4/c12-9-6-10(16-11(13)15-9)14-7-8-4-2-1-3-5-8/h1-6H,7H2,(H3,13,14,15,16). The van der Waals surface area contributed by atoms with E-state index < -0.39 is 0 Å². The van der Waals surface area contributed by atoms with Gasteiger partial charge in [-0.05, 0) is 21.5 Å². The second-order valence-electron chi connectivity index (χ2n) is 3.27. The first kappa shape index (κ1) is 10.9. The first-order chi connectivity index (χ1) is 7.74. The Labute approximate surface area is 102 Å². The van der Waals surface area contributed by atoms with Crippen molar-refractivity contribution in [2.24, 2.45) is 0 Å². The molecule has 1 heterocycles. The average molecular weight is 279 g/mol. The van der Waals surface area contributed by atoms with Crippen LogP contribution in [0.4, 0.5) is 11.8 Å². The minimum absolute atomic E-state index is 0.255. The SMILES string of the molecule is Nc1nc(Br)cc(NCc2ccccc2)n1. The fourth-order valence-electron chi connectivity index (χ4n) is 1.31. The second kappa shape index (κ2) is 4.94. The summed E-state index contributed by atoms with van der Waals surface area (Å²) in [5.74, 6) is 0.966. The van der Waals surface area contributed by atoms with Gasteiger partial charge in [0.05, 0.1) is 0 Å². The smallest absolute Gasteiger partial charge is 0.223 e. The quantitative estimate of drug-likeness (QED) is 0.847. The van der Waals surface area contributed by atoms with Crippen LogP contribution in [0.25, 0.3) is 0 Å². The molecule has 0 unspecified atom stereocenters. The van der Waals surface area contributed by atoms with Crippen LogP contribution in [0.2, 0.25) is 0 Å². The third kappa shape index (κ3) is 2.93. The molecule has 0 aliphatic carbocycles. The van der Waals surface area contributed by atoms with Crippen LogP contribution in [0.5, 0.6) is 0 Å². The van der Waals surface area contributed by atoms with Crippen molar-refractivity contribution in [1.82, 2.24) is 9.97 Å². The zero-order valence-electron chi connectivity index (χ0n) is 8.52. The Morgan fingerprint density at radius 2 is 1.94 bits per heavy atom. The molecule has 2 aromatic rings. The van der Waals surface area contributed by atoms with Crippen molar-refractivity contribution in [3.63, 3.8) is 0 Å². The molecular weight excluding hydrogens is 268 g/mol. The van der Waals surface area contributed by atoms with E-state index in [-0.39, 0.29) is 5.95 Å². The number of nitrogens with zero attached hydrogens (tertiary/aromatic N) is 2.